The van der Waals surface area contributed by atoms with Gasteiger partial charge >= 0.3 is 6.03 Å². The molecule has 0 radical (unpaired) electrons. The van der Waals surface area contributed by atoms with Crippen molar-refractivity contribution in [2.45, 2.75) is 19.0 Å². The molecule has 4 amide bonds. The Morgan fingerprint density at radius 3 is 2.54 bits per heavy atom. The summed E-state index contributed by atoms with van der Waals surface area (Å²) in [6.45, 7) is 0.358. The molecule has 1 atom stereocenters. The first-order valence-electron chi connectivity index (χ1n) is 8.16. The topological polar surface area (TPSA) is 73.8 Å². The minimum Gasteiger partial charge on any atom is -0.340 e. The van der Waals surface area contributed by atoms with Gasteiger partial charge in [-0.05, 0) is 0 Å². The number of carbonyl (C=O) groups excluding carboxylic acids is 3. The molecular weight excluding hydrogens is 352 g/mol. The molecule has 2 heterocycles. The van der Waals surface area contributed by atoms with Gasteiger partial charge in [-0.2, -0.15) is 0 Å². The van der Waals surface area contributed by atoms with Crippen molar-refractivity contribution in [3.05, 3.63) is 41.4 Å². The summed E-state index contributed by atoms with van der Waals surface area (Å²) in [5, 5.41) is 2.83. The van der Waals surface area contributed by atoms with E-state index in [2.05, 4.69) is 4.98 Å². The van der Waals surface area contributed by atoms with Crippen molar-refractivity contribution in [1.82, 2.24) is 19.7 Å². The molecule has 2 aromatic rings. The van der Waals surface area contributed by atoms with E-state index in [9.17, 15) is 14.4 Å². The molecule has 0 N–H and O–H groups in total. The van der Waals surface area contributed by atoms with Gasteiger partial charge in [-0.25, -0.2) is 9.78 Å². The Bertz CT molecular complexity index is 836. The summed E-state index contributed by atoms with van der Waals surface area (Å²) >= 11 is 1.53. The molecule has 1 fully saturated rings. The first kappa shape index (κ1) is 18.1. The van der Waals surface area contributed by atoms with E-state index in [4.69, 9.17) is 0 Å². The van der Waals surface area contributed by atoms with Crippen molar-refractivity contribution in [3.63, 3.8) is 0 Å². The second-order valence-corrected chi connectivity index (χ2v) is 7.13. The summed E-state index contributed by atoms with van der Waals surface area (Å²) in [4.78, 5) is 44.8. The first-order chi connectivity index (χ1) is 12.4. The summed E-state index contributed by atoms with van der Waals surface area (Å²) in [7, 11) is 4.64. The van der Waals surface area contributed by atoms with Crippen LogP contribution in [0.25, 0.3) is 10.6 Å². The van der Waals surface area contributed by atoms with Crippen molar-refractivity contribution in [3.8, 4) is 10.6 Å². The van der Waals surface area contributed by atoms with Crippen LogP contribution in [0, 0.1) is 0 Å². The van der Waals surface area contributed by atoms with Gasteiger partial charge in [0.15, 0.2) is 0 Å². The van der Waals surface area contributed by atoms with E-state index < -0.39 is 6.04 Å². The quantitative estimate of drug-likeness (QED) is 0.753. The lowest BCUT2D eigenvalue weighted by molar-refractivity contribution is -0.135. The molecule has 1 aliphatic heterocycles. The van der Waals surface area contributed by atoms with Crippen molar-refractivity contribution in [2.24, 2.45) is 0 Å². The third-order valence-electron chi connectivity index (χ3n) is 4.44. The molecule has 0 unspecified atom stereocenters. The smallest absolute Gasteiger partial charge is 0.326 e. The molecule has 0 saturated carbocycles. The fraction of sp³-hybridized carbons (Fsp3) is 0.333. The van der Waals surface area contributed by atoms with E-state index >= 15 is 0 Å². The van der Waals surface area contributed by atoms with Crippen molar-refractivity contribution >= 4 is 29.2 Å². The molecule has 1 aromatic heterocycles. The fourth-order valence-corrected chi connectivity index (χ4v) is 3.64. The highest BCUT2D eigenvalue weighted by molar-refractivity contribution is 7.13. The Balaban J connectivity index is 1.62. The SMILES string of the molecule is CN(Cc1csc(-c2ccccc2)n1)C(=O)C[C@@H]1C(=O)N(C)C(=O)N1C. The van der Waals surface area contributed by atoms with Crippen molar-refractivity contribution in [1.29, 1.82) is 0 Å². The van der Waals surface area contributed by atoms with Crippen LogP contribution in [-0.2, 0) is 16.1 Å². The monoisotopic (exact) mass is 372 g/mol. The van der Waals surface area contributed by atoms with Crippen LogP contribution in [0.5, 0.6) is 0 Å². The van der Waals surface area contributed by atoms with E-state index in [0.717, 1.165) is 21.2 Å². The van der Waals surface area contributed by atoms with Crippen LogP contribution in [0.1, 0.15) is 12.1 Å². The summed E-state index contributed by atoms with van der Waals surface area (Å²) in [6.07, 6.45) is -0.0302. The maximum Gasteiger partial charge on any atom is 0.326 e. The van der Waals surface area contributed by atoms with Gasteiger partial charge < -0.3 is 9.80 Å². The van der Waals surface area contributed by atoms with Gasteiger partial charge in [0.1, 0.15) is 11.0 Å². The van der Waals surface area contributed by atoms with Crippen LogP contribution >= 0.6 is 11.3 Å². The predicted molar refractivity (Wildman–Crippen MR) is 98.4 cm³/mol. The van der Waals surface area contributed by atoms with E-state index in [0.29, 0.717) is 6.54 Å². The summed E-state index contributed by atoms with van der Waals surface area (Å²) in [5.41, 5.74) is 1.83. The van der Waals surface area contributed by atoms with Crippen LogP contribution in [0.4, 0.5) is 4.79 Å². The zero-order valence-electron chi connectivity index (χ0n) is 14.9. The highest BCUT2D eigenvalue weighted by Gasteiger charge is 2.42. The van der Waals surface area contributed by atoms with Crippen molar-refractivity contribution in [2.75, 3.05) is 21.1 Å². The highest BCUT2D eigenvalue weighted by atomic mass is 32.1. The molecule has 1 aromatic carbocycles. The van der Waals surface area contributed by atoms with E-state index in [1.165, 1.54) is 35.2 Å². The average molecular weight is 372 g/mol. The number of likely N-dealkylation sites (N-methyl/N-ethyl adjacent to an activating group) is 2. The standard InChI is InChI=1S/C18H20N4O3S/c1-20(15(23)9-14-17(24)22(3)18(25)21(14)2)10-13-11-26-16(19-13)12-7-5-4-6-8-12/h4-8,11,14H,9-10H2,1-3H3/t14-/m1/s1. The maximum atomic E-state index is 12.5. The lowest BCUT2D eigenvalue weighted by Gasteiger charge is -2.20. The number of urea groups is 1. The highest BCUT2D eigenvalue weighted by Crippen LogP contribution is 2.24. The van der Waals surface area contributed by atoms with E-state index in [-0.39, 0.29) is 24.3 Å². The number of rotatable bonds is 5. The molecule has 0 spiro atoms. The summed E-state index contributed by atoms with van der Waals surface area (Å²) in [6, 6.07) is 8.73. The zero-order valence-corrected chi connectivity index (χ0v) is 15.7. The number of carbonyl (C=O) groups is 3. The Labute approximate surface area is 155 Å². The van der Waals surface area contributed by atoms with Crippen LogP contribution in [0.15, 0.2) is 35.7 Å². The Kier molecular flexibility index (Phi) is 5.03. The largest absolute Gasteiger partial charge is 0.340 e. The average Bonchev–Trinajstić information content (AvgIpc) is 3.18. The van der Waals surface area contributed by atoms with Crippen LogP contribution in [-0.4, -0.2) is 64.7 Å². The van der Waals surface area contributed by atoms with E-state index in [1.807, 2.05) is 35.7 Å². The van der Waals surface area contributed by atoms with Gasteiger partial charge in [-0.1, -0.05) is 30.3 Å². The van der Waals surface area contributed by atoms with Gasteiger partial charge in [0.2, 0.25) is 5.91 Å². The minimum absolute atomic E-state index is 0.0302. The molecule has 1 aliphatic rings. The second-order valence-electron chi connectivity index (χ2n) is 6.27. The lowest BCUT2D eigenvalue weighted by atomic mass is 10.1. The number of amides is 4. The number of aromatic nitrogens is 1. The fourth-order valence-electron chi connectivity index (χ4n) is 2.82. The third-order valence-corrected chi connectivity index (χ3v) is 5.38. The molecule has 136 valence electrons. The lowest BCUT2D eigenvalue weighted by Crippen LogP contribution is -2.38. The maximum absolute atomic E-state index is 12.5. The van der Waals surface area contributed by atoms with Gasteiger partial charge in [-0.15, -0.1) is 11.3 Å². The number of hydrogen-bond donors (Lipinski definition) is 0. The molecule has 0 aliphatic carbocycles. The predicted octanol–water partition coefficient (Wildman–Crippen LogP) is 2.05. The molecule has 0 bridgehead atoms. The number of hydrogen-bond acceptors (Lipinski definition) is 5. The Morgan fingerprint density at radius 1 is 1.23 bits per heavy atom. The molecular formula is C18H20N4O3S. The summed E-state index contributed by atoms with van der Waals surface area (Å²) < 4.78 is 0. The van der Waals surface area contributed by atoms with Gasteiger partial charge in [-0.3, -0.25) is 14.5 Å². The van der Waals surface area contributed by atoms with Gasteiger partial charge in [0.05, 0.1) is 18.7 Å². The number of imide groups is 1. The molecule has 3 rings (SSSR count). The first-order valence-corrected chi connectivity index (χ1v) is 9.04. The molecule has 8 heteroatoms. The van der Waals surface area contributed by atoms with Crippen LogP contribution < -0.4 is 0 Å². The normalized spacial score (nSPS) is 17.1. The second kappa shape index (κ2) is 7.25. The van der Waals surface area contributed by atoms with Gasteiger partial charge in [0, 0.05) is 32.1 Å². The van der Waals surface area contributed by atoms with Crippen LogP contribution in [0.2, 0.25) is 0 Å². The Hall–Kier alpha value is -2.74. The molecule has 26 heavy (non-hydrogen) atoms. The number of benzene rings is 1. The zero-order chi connectivity index (χ0) is 18.8. The summed E-state index contributed by atoms with van der Waals surface area (Å²) in [5.74, 6) is -0.549. The number of nitrogens with zero attached hydrogens (tertiary/aromatic N) is 4. The number of thiazole rings is 1. The third kappa shape index (κ3) is 3.45. The minimum atomic E-state index is -0.738. The van der Waals surface area contributed by atoms with Crippen molar-refractivity contribution < 1.29 is 14.4 Å². The van der Waals surface area contributed by atoms with Crippen LogP contribution in [0.3, 0.4) is 0 Å². The van der Waals surface area contributed by atoms with Gasteiger partial charge in [0.25, 0.3) is 5.91 Å². The Morgan fingerprint density at radius 2 is 1.92 bits per heavy atom. The molecule has 1 saturated heterocycles. The molecule has 7 nitrogen and oxygen atoms in total. The van der Waals surface area contributed by atoms with E-state index in [1.54, 1.807) is 7.05 Å².